The average molecular weight is 378 g/mol. The van der Waals surface area contributed by atoms with E-state index in [4.69, 9.17) is 14.2 Å². The molecule has 0 radical (unpaired) electrons. The predicted octanol–water partition coefficient (Wildman–Crippen LogP) is 4.48. The molecule has 28 heavy (non-hydrogen) atoms. The van der Waals surface area contributed by atoms with Crippen molar-refractivity contribution in [1.29, 1.82) is 0 Å². The molecular weight excluding hydrogens is 356 g/mol. The van der Waals surface area contributed by atoms with Gasteiger partial charge in [0.1, 0.15) is 30.5 Å². The summed E-state index contributed by atoms with van der Waals surface area (Å²) in [4.78, 5) is 11.3. The summed E-state index contributed by atoms with van der Waals surface area (Å²) in [6.07, 6.45) is -0.202. The minimum Gasteiger partial charge on any atom is -0.496 e. The van der Waals surface area contributed by atoms with E-state index >= 15 is 0 Å². The summed E-state index contributed by atoms with van der Waals surface area (Å²) in [5.41, 5.74) is 2.50. The number of carbonyl (C=O) groups is 1. The van der Waals surface area contributed by atoms with Gasteiger partial charge in [-0.05, 0) is 11.1 Å². The molecule has 0 saturated carbocycles. The fraction of sp³-hybridized carbons (Fsp3) is 0.174. The summed E-state index contributed by atoms with van der Waals surface area (Å²) in [6, 6.07) is 22.9. The van der Waals surface area contributed by atoms with Crippen molar-refractivity contribution in [3.8, 4) is 17.2 Å². The van der Waals surface area contributed by atoms with Crippen molar-refractivity contribution < 1.29 is 24.1 Å². The maximum atomic E-state index is 11.3. The quantitative estimate of drug-likeness (QED) is 0.595. The van der Waals surface area contributed by atoms with E-state index in [1.165, 1.54) is 7.11 Å². The van der Waals surface area contributed by atoms with Gasteiger partial charge in [0.2, 0.25) is 0 Å². The standard InChI is InChI=1S/C23H22O5/c1-26-21-12-19(27-15-17-8-4-2-5-9-17)13-22(20(21)14-23(24)25)28-16-18-10-6-3-7-11-18/h2-13H,14-16H2,1H3,(H,24,25). The Morgan fingerprint density at radius 3 is 1.89 bits per heavy atom. The van der Waals surface area contributed by atoms with Crippen LogP contribution < -0.4 is 14.2 Å². The summed E-state index contributed by atoms with van der Waals surface area (Å²) in [5, 5.41) is 9.28. The molecule has 0 aliphatic rings. The first kappa shape index (κ1) is 19.3. The van der Waals surface area contributed by atoms with Gasteiger partial charge in [-0.1, -0.05) is 60.7 Å². The largest absolute Gasteiger partial charge is 0.496 e. The van der Waals surface area contributed by atoms with E-state index in [0.717, 1.165) is 11.1 Å². The second-order valence-corrected chi connectivity index (χ2v) is 6.22. The van der Waals surface area contributed by atoms with Crippen molar-refractivity contribution in [1.82, 2.24) is 0 Å². The SMILES string of the molecule is COc1cc(OCc2ccccc2)cc(OCc2ccccc2)c1CC(=O)O. The summed E-state index contributed by atoms with van der Waals surface area (Å²) >= 11 is 0. The van der Waals surface area contributed by atoms with Crippen LogP contribution in [0.4, 0.5) is 0 Å². The van der Waals surface area contributed by atoms with Gasteiger partial charge >= 0.3 is 5.97 Å². The van der Waals surface area contributed by atoms with Gasteiger partial charge in [-0.3, -0.25) is 4.79 Å². The molecule has 3 rings (SSSR count). The van der Waals surface area contributed by atoms with E-state index in [-0.39, 0.29) is 6.42 Å². The van der Waals surface area contributed by atoms with E-state index < -0.39 is 5.97 Å². The summed E-state index contributed by atoms with van der Waals surface area (Å²) < 4.78 is 17.2. The highest BCUT2D eigenvalue weighted by Gasteiger charge is 2.17. The molecule has 5 nitrogen and oxygen atoms in total. The monoisotopic (exact) mass is 378 g/mol. The van der Waals surface area contributed by atoms with Gasteiger partial charge in [0.15, 0.2) is 0 Å². The van der Waals surface area contributed by atoms with E-state index in [1.807, 2.05) is 60.7 Å². The number of aliphatic carboxylic acids is 1. The second-order valence-electron chi connectivity index (χ2n) is 6.22. The van der Waals surface area contributed by atoms with E-state index in [1.54, 1.807) is 12.1 Å². The molecule has 1 N–H and O–H groups in total. The molecule has 0 aliphatic carbocycles. The molecule has 5 heteroatoms. The highest BCUT2D eigenvalue weighted by Crippen LogP contribution is 2.35. The molecule has 0 amide bonds. The molecule has 0 fully saturated rings. The van der Waals surface area contributed by atoms with Gasteiger partial charge in [0, 0.05) is 17.7 Å². The Bertz CT molecular complexity index is 907. The number of rotatable bonds is 9. The van der Waals surface area contributed by atoms with Crippen LogP contribution in [0.2, 0.25) is 0 Å². The third-order valence-electron chi connectivity index (χ3n) is 4.17. The number of ether oxygens (including phenoxy) is 3. The Morgan fingerprint density at radius 1 is 0.821 bits per heavy atom. The van der Waals surface area contributed by atoms with Crippen molar-refractivity contribution in [2.24, 2.45) is 0 Å². The molecule has 0 atom stereocenters. The molecule has 0 spiro atoms. The molecule has 0 heterocycles. The molecule has 0 saturated heterocycles. The van der Waals surface area contributed by atoms with E-state index in [0.29, 0.717) is 36.0 Å². The van der Waals surface area contributed by atoms with Gasteiger partial charge in [-0.15, -0.1) is 0 Å². The van der Waals surface area contributed by atoms with Crippen molar-refractivity contribution >= 4 is 5.97 Å². The van der Waals surface area contributed by atoms with Crippen LogP contribution in [0, 0.1) is 0 Å². The lowest BCUT2D eigenvalue weighted by atomic mass is 10.1. The van der Waals surface area contributed by atoms with Crippen LogP contribution in [0.15, 0.2) is 72.8 Å². The summed E-state index contributed by atoms with van der Waals surface area (Å²) in [6.45, 7) is 0.707. The number of carboxylic acids is 1. The minimum absolute atomic E-state index is 0.202. The normalized spacial score (nSPS) is 10.3. The molecule has 144 valence electrons. The number of methoxy groups -OCH3 is 1. The zero-order valence-corrected chi connectivity index (χ0v) is 15.6. The fourth-order valence-corrected chi connectivity index (χ4v) is 2.79. The van der Waals surface area contributed by atoms with Crippen molar-refractivity contribution in [3.05, 3.63) is 89.5 Å². The smallest absolute Gasteiger partial charge is 0.308 e. The Hall–Kier alpha value is -3.47. The van der Waals surface area contributed by atoms with Crippen LogP contribution in [0.1, 0.15) is 16.7 Å². The first-order valence-electron chi connectivity index (χ1n) is 8.92. The van der Waals surface area contributed by atoms with E-state index in [2.05, 4.69) is 0 Å². The number of hydrogen-bond acceptors (Lipinski definition) is 4. The van der Waals surface area contributed by atoms with Gasteiger partial charge in [-0.25, -0.2) is 0 Å². The zero-order valence-electron chi connectivity index (χ0n) is 15.6. The lowest BCUT2D eigenvalue weighted by molar-refractivity contribution is -0.136. The molecule has 0 bridgehead atoms. The van der Waals surface area contributed by atoms with Crippen molar-refractivity contribution in [3.63, 3.8) is 0 Å². The number of carboxylic acid groups (broad SMARTS) is 1. The molecule has 3 aromatic rings. The summed E-state index contributed by atoms with van der Waals surface area (Å²) in [5.74, 6) is 0.461. The average Bonchev–Trinajstić information content (AvgIpc) is 2.73. The van der Waals surface area contributed by atoms with Gasteiger partial charge < -0.3 is 19.3 Å². The minimum atomic E-state index is -0.958. The maximum absolute atomic E-state index is 11.3. The van der Waals surface area contributed by atoms with Crippen molar-refractivity contribution in [2.45, 2.75) is 19.6 Å². The third-order valence-corrected chi connectivity index (χ3v) is 4.17. The predicted molar refractivity (Wildman–Crippen MR) is 106 cm³/mol. The van der Waals surface area contributed by atoms with E-state index in [9.17, 15) is 9.90 Å². The summed E-state index contributed by atoms with van der Waals surface area (Å²) in [7, 11) is 1.50. The first-order valence-corrected chi connectivity index (χ1v) is 8.92. The Balaban J connectivity index is 1.85. The highest BCUT2D eigenvalue weighted by atomic mass is 16.5. The van der Waals surface area contributed by atoms with Crippen molar-refractivity contribution in [2.75, 3.05) is 7.11 Å². The second kappa shape index (κ2) is 9.46. The van der Waals surface area contributed by atoms with Crippen LogP contribution in [0.5, 0.6) is 17.2 Å². The van der Waals surface area contributed by atoms with Crippen LogP contribution in [0.25, 0.3) is 0 Å². The molecule has 0 unspecified atom stereocenters. The Kier molecular flexibility index (Phi) is 6.52. The van der Waals surface area contributed by atoms with Crippen LogP contribution in [0.3, 0.4) is 0 Å². The highest BCUT2D eigenvalue weighted by molar-refractivity contribution is 5.73. The van der Waals surface area contributed by atoms with Crippen LogP contribution in [-0.4, -0.2) is 18.2 Å². The topological polar surface area (TPSA) is 65.0 Å². The Morgan fingerprint density at radius 2 is 1.36 bits per heavy atom. The lowest BCUT2D eigenvalue weighted by Crippen LogP contribution is -2.07. The number of hydrogen-bond donors (Lipinski definition) is 1. The van der Waals surface area contributed by atoms with Crippen LogP contribution in [-0.2, 0) is 24.4 Å². The first-order chi connectivity index (χ1) is 13.7. The molecule has 0 aliphatic heterocycles. The van der Waals surface area contributed by atoms with Gasteiger partial charge in [0.25, 0.3) is 0 Å². The zero-order chi connectivity index (χ0) is 19.8. The Labute approximate surface area is 164 Å². The number of benzene rings is 3. The maximum Gasteiger partial charge on any atom is 0.308 e. The lowest BCUT2D eigenvalue weighted by Gasteiger charge is -2.17. The van der Waals surface area contributed by atoms with Gasteiger partial charge in [-0.2, -0.15) is 0 Å². The molecule has 0 aromatic heterocycles. The molecule has 3 aromatic carbocycles. The third kappa shape index (κ3) is 5.27. The van der Waals surface area contributed by atoms with Gasteiger partial charge in [0.05, 0.1) is 13.5 Å². The molecular formula is C23H22O5. The van der Waals surface area contributed by atoms with Crippen LogP contribution >= 0.6 is 0 Å². The fourth-order valence-electron chi connectivity index (χ4n) is 2.79.